The lowest BCUT2D eigenvalue weighted by Crippen LogP contribution is -2.19. The maximum atomic E-state index is 12.8. The first-order valence-electron chi connectivity index (χ1n) is 9.27. The van der Waals surface area contributed by atoms with E-state index in [4.69, 9.17) is 4.74 Å². The quantitative estimate of drug-likeness (QED) is 0.496. The lowest BCUT2D eigenvalue weighted by Gasteiger charge is -2.09. The molecule has 0 radical (unpaired) electrons. The molecule has 0 unspecified atom stereocenters. The molecule has 0 saturated carbocycles. The number of benzene rings is 1. The van der Waals surface area contributed by atoms with Crippen LogP contribution in [0.1, 0.15) is 23.0 Å². The number of carbonyl (C=O) groups is 1. The standard InChI is InChI=1S/C21H19N5O3S/c1-3-14-11-19(27)24-21(22-14)26-18(12-16(25-26)17-5-4-10-30-17)23-20(28)13-6-8-15(29-2)9-7-13/h4-12H,3H2,1-2H3,(H,23,28)(H,22,24,27). The van der Waals surface area contributed by atoms with E-state index in [0.717, 1.165) is 4.88 Å². The molecular formula is C21H19N5O3S. The highest BCUT2D eigenvalue weighted by Gasteiger charge is 2.17. The largest absolute Gasteiger partial charge is 0.497 e. The van der Waals surface area contributed by atoms with Crippen LogP contribution in [0.3, 0.4) is 0 Å². The number of nitrogens with one attached hydrogen (secondary N) is 2. The summed E-state index contributed by atoms with van der Waals surface area (Å²) in [4.78, 5) is 32.9. The zero-order valence-corrected chi connectivity index (χ0v) is 17.2. The molecule has 3 aromatic heterocycles. The number of aryl methyl sites for hydroxylation is 1. The molecule has 2 N–H and O–H groups in total. The second kappa shape index (κ2) is 8.34. The first-order chi connectivity index (χ1) is 14.6. The van der Waals surface area contributed by atoms with E-state index in [9.17, 15) is 9.59 Å². The predicted octanol–water partition coefficient (Wildman–Crippen LogP) is 3.51. The van der Waals surface area contributed by atoms with Crippen LogP contribution < -0.4 is 15.6 Å². The molecule has 0 aliphatic rings. The van der Waals surface area contributed by atoms with Crippen molar-refractivity contribution in [3.63, 3.8) is 0 Å². The average molecular weight is 421 g/mol. The Bertz CT molecular complexity index is 1230. The van der Waals surface area contributed by atoms with Gasteiger partial charge in [0, 0.05) is 23.4 Å². The van der Waals surface area contributed by atoms with Gasteiger partial charge in [0.2, 0.25) is 5.95 Å². The van der Waals surface area contributed by atoms with Crippen molar-refractivity contribution >= 4 is 23.1 Å². The van der Waals surface area contributed by atoms with E-state index < -0.39 is 0 Å². The highest BCUT2D eigenvalue weighted by molar-refractivity contribution is 7.13. The zero-order valence-electron chi connectivity index (χ0n) is 16.4. The number of aromatic nitrogens is 4. The van der Waals surface area contributed by atoms with E-state index in [1.807, 2.05) is 24.4 Å². The molecule has 3 heterocycles. The molecule has 0 bridgehead atoms. The summed E-state index contributed by atoms with van der Waals surface area (Å²) in [6.07, 6.45) is 0.601. The summed E-state index contributed by atoms with van der Waals surface area (Å²) in [5, 5.41) is 9.38. The third-order valence-electron chi connectivity index (χ3n) is 4.42. The van der Waals surface area contributed by atoms with Gasteiger partial charge in [-0.15, -0.1) is 11.3 Å². The van der Waals surface area contributed by atoms with Crippen LogP contribution in [0.2, 0.25) is 0 Å². The van der Waals surface area contributed by atoms with Gasteiger partial charge >= 0.3 is 0 Å². The molecule has 8 nitrogen and oxygen atoms in total. The van der Waals surface area contributed by atoms with Crippen molar-refractivity contribution in [2.75, 3.05) is 12.4 Å². The van der Waals surface area contributed by atoms with Crippen LogP contribution in [-0.4, -0.2) is 32.8 Å². The van der Waals surface area contributed by atoms with Crippen molar-refractivity contribution in [1.82, 2.24) is 19.7 Å². The van der Waals surface area contributed by atoms with Crippen molar-refractivity contribution < 1.29 is 9.53 Å². The molecule has 1 aromatic carbocycles. The average Bonchev–Trinajstić information content (AvgIpc) is 3.43. The molecule has 30 heavy (non-hydrogen) atoms. The number of ether oxygens (including phenoxy) is 1. The van der Waals surface area contributed by atoms with Crippen molar-refractivity contribution in [1.29, 1.82) is 0 Å². The first kappa shape index (κ1) is 19.6. The smallest absolute Gasteiger partial charge is 0.256 e. The number of hydrogen-bond donors (Lipinski definition) is 2. The number of carbonyl (C=O) groups excluding carboxylic acids is 1. The number of H-pyrrole nitrogens is 1. The van der Waals surface area contributed by atoms with Crippen molar-refractivity contribution in [2.24, 2.45) is 0 Å². The number of anilines is 1. The lowest BCUT2D eigenvalue weighted by molar-refractivity contribution is 0.102. The Hall–Kier alpha value is -3.72. The molecule has 0 atom stereocenters. The van der Waals surface area contributed by atoms with E-state index in [1.54, 1.807) is 37.4 Å². The normalized spacial score (nSPS) is 10.7. The van der Waals surface area contributed by atoms with Crippen LogP contribution in [0.5, 0.6) is 5.75 Å². The Morgan fingerprint density at radius 3 is 2.70 bits per heavy atom. The monoisotopic (exact) mass is 421 g/mol. The van der Waals surface area contributed by atoms with Gasteiger partial charge in [0.15, 0.2) is 0 Å². The summed E-state index contributed by atoms with van der Waals surface area (Å²) in [6.45, 7) is 1.91. The summed E-state index contributed by atoms with van der Waals surface area (Å²) in [5.74, 6) is 0.989. The number of nitrogens with zero attached hydrogens (tertiary/aromatic N) is 3. The number of thiophene rings is 1. The van der Waals surface area contributed by atoms with Crippen LogP contribution >= 0.6 is 11.3 Å². The molecule has 0 spiro atoms. The van der Waals surface area contributed by atoms with Crippen LogP contribution in [0.25, 0.3) is 16.5 Å². The van der Waals surface area contributed by atoms with E-state index in [0.29, 0.717) is 34.9 Å². The third kappa shape index (κ3) is 4.01. The minimum Gasteiger partial charge on any atom is -0.497 e. The van der Waals surface area contributed by atoms with E-state index in [1.165, 1.54) is 22.1 Å². The molecular weight excluding hydrogens is 402 g/mol. The minimum absolute atomic E-state index is 0.243. The molecule has 0 fully saturated rings. The van der Waals surface area contributed by atoms with Gasteiger partial charge in [-0.1, -0.05) is 13.0 Å². The number of hydrogen-bond acceptors (Lipinski definition) is 6. The highest BCUT2D eigenvalue weighted by Crippen LogP contribution is 2.27. The van der Waals surface area contributed by atoms with Crippen molar-refractivity contribution in [3.05, 3.63) is 75.5 Å². The van der Waals surface area contributed by atoms with Gasteiger partial charge in [-0.05, 0) is 42.1 Å². The first-order valence-corrected chi connectivity index (χ1v) is 10.2. The van der Waals surface area contributed by atoms with E-state index in [-0.39, 0.29) is 17.4 Å². The Balaban J connectivity index is 1.75. The SMILES string of the molecule is CCc1cc(=O)[nH]c(-n2nc(-c3cccs3)cc2NC(=O)c2ccc(OC)cc2)n1. The summed E-state index contributed by atoms with van der Waals surface area (Å²) < 4.78 is 6.58. The molecule has 1 amide bonds. The van der Waals surface area contributed by atoms with Gasteiger partial charge in [-0.2, -0.15) is 9.78 Å². The van der Waals surface area contributed by atoms with Gasteiger partial charge in [-0.3, -0.25) is 14.6 Å². The summed E-state index contributed by atoms with van der Waals surface area (Å²) in [6, 6.07) is 13.8. The van der Waals surface area contributed by atoms with Gasteiger partial charge < -0.3 is 10.1 Å². The molecule has 0 aliphatic heterocycles. The van der Waals surface area contributed by atoms with E-state index >= 15 is 0 Å². The van der Waals surface area contributed by atoms with Crippen LogP contribution in [0.15, 0.2) is 58.7 Å². The van der Waals surface area contributed by atoms with Crippen LogP contribution in [0, 0.1) is 0 Å². The number of amides is 1. The summed E-state index contributed by atoms with van der Waals surface area (Å²) in [7, 11) is 1.57. The van der Waals surface area contributed by atoms with Crippen molar-refractivity contribution in [3.8, 4) is 22.3 Å². The molecule has 152 valence electrons. The highest BCUT2D eigenvalue weighted by atomic mass is 32.1. The summed E-state index contributed by atoms with van der Waals surface area (Å²) >= 11 is 1.53. The van der Waals surface area contributed by atoms with Crippen molar-refractivity contribution in [2.45, 2.75) is 13.3 Å². The second-order valence-corrected chi connectivity index (χ2v) is 7.35. The van der Waals surface area contributed by atoms with Crippen LogP contribution in [0.4, 0.5) is 5.82 Å². The Labute approximate surface area is 176 Å². The number of rotatable bonds is 6. The Kier molecular flexibility index (Phi) is 5.44. The minimum atomic E-state index is -0.314. The Morgan fingerprint density at radius 2 is 2.03 bits per heavy atom. The molecule has 4 aromatic rings. The predicted molar refractivity (Wildman–Crippen MR) is 116 cm³/mol. The maximum Gasteiger partial charge on any atom is 0.256 e. The zero-order chi connectivity index (χ0) is 21.1. The fourth-order valence-corrected chi connectivity index (χ4v) is 3.56. The summed E-state index contributed by atoms with van der Waals surface area (Å²) in [5.41, 5.74) is 1.48. The van der Waals surface area contributed by atoms with Gasteiger partial charge in [0.05, 0.1) is 12.0 Å². The fraction of sp³-hybridized carbons (Fsp3) is 0.143. The van der Waals surface area contributed by atoms with Gasteiger partial charge in [0.25, 0.3) is 11.5 Å². The maximum absolute atomic E-state index is 12.8. The van der Waals surface area contributed by atoms with Gasteiger partial charge in [0.1, 0.15) is 17.3 Å². The lowest BCUT2D eigenvalue weighted by atomic mass is 10.2. The molecule has 4 rings (SSSR count). The number of aromatic amines is 1. The van der Waals surface area contributed by atoms with E-state index in [2.05, 4.69) is 20.4 Å². The fourth-order valence-electron chi connectivity index (χ4n) is 2.88. The third-order valence-corrected chi connectivity index (χ3v) is 5.31. The Morgan fingerprint density at radius 1 is 1.23 bits per heavy atom. The van der Waals surface area contributed by atoms with Crippen LogP contribution in [-0.2, 0) is 6.42 Å². The topological polar surface area (TPSA) is 102 Å². The second-order valence-electron chi connectivity index (χ2n) is 6.40. The molecule has 0 saturated heterocycles. The molecule has 0 aliphatic carbocycles. The molecule has 9 heteroatoms. The number of methoxy groups -OCH3 is 1. The van der Waals surface area contributed by atoms with Gasteiger partial charge in [-0.25, -0.2) is 4.98 Å².